The number of amides is 1. The summed E-state index contributed by atoms with van der Waals surface area (Å²) in [6, 6.07) is 3.92. The molecule has 1 heterocycles. The van der Waals surface area contributed by atoms with E-state index in [9.17, 15) is 14.4 Å². The van der Waals surface area contributed by atoms with Crippen LogP contribution in [0.5, 0.6) is 5.75 Å². The zero-order valence-corrected chi connectivity index (χ0v) is 17.8. The number of esters is 1. The Morgan fingerprint density at radius 2 is 1.75 bits per heavy atom. The minimum Gasteiger partial charge on any atom is -0.483 e. The van der Waals surface area contributed by atoms with Gasteiger partial charge in [-0.05, 0) is 69.9 Å². The van der Waals surface area contributed by atoms with E-state index in [0.717, 1.165) is 28.0 Å². The number of hydrogen-bond donors (Lipinski definition) is 1. The molecule has 1 amide bonds. The molecular weight excluding hydrogens is 378 g/mol. The first kappa shape index (κ1) is 21.6. The van der Waals surface area contributed by atoms with Gasteiger partial charge in [-0.15, -0.1) is 11.3 Å². The number of anilines is 1. The molecule has 28 heavy (non-hydrogen) atoms. The molecule has 2 rings (SSSR count). The Kier molecular flexibility index (Phi) is 6.96. The van der Waals surface area contributed by atoms with Gasteiger partial charge in [0, 0.05) is 0 Å². The van der Waals surface area contributed by atoms with Crippen molar-refractivity contribution in [3.8, 4) is 5.75 Å². The Labute approximate surface area is 168 Å². The van der Waals surface area contributed by atoms with Crippen LogP contribution in [0.1, 0.15) is 56.1 Å². The summed E-state index contributed by atoms with van der Waals surface area (Å²) in [7, 11) is 0. The standard InChI is InChI=1S/C21H25NO5S/c1-7-26-21(25)18-14(5)19(15(6)23)28-20(18)22-17(24)10-27-16-9-11(2)8-12(3)13(16)4/h8-9H,7,10H2,1-6H3,(H,22,24). The van der Waals surface area contributed by atoms with Gasteiger partial charge in [-0.2, -0.15) is 0 Å². The molecule has 0 aliphatic heterocycles. The number of ether oxygens (including phenoxy) is 2. The van der Waals surface area contributed by atoms with Gasteiger partial charge in [0.25, 0.3) is 5.91 Å². The fourth-order valence-electron chi connectivity index (χ4n) is 2.84. The Hall–Kier alpha value is -2.67. The molecule has 150 valence electrons. The summed E-state index contributed by atoms with van der Waals surface area (Å²) in [6.45, 7) is 10.7. The monoisotopic (exact) mass is 403 g/mol. The van der Waals surface area contributed by atoms with E-state index in [2.05, 4.69) is 5.32 Å². The summed E-state index contributed by atoms with van der Waals surface area (Å²) in [5.41, 5.74) is 3.82. The molecule has 1 N–H and O–H groups in total. The first-order valence-corrected chi connectivity index (χ1v) is 9.79. The predicted octanol–water partition coefficient (Wildman–Crippen LogP) is 4.38. The molecule has 0 saturated heterocycles. The molecular formula is C21H25NO5S. The molecule has 0 aliphatic carbocycles. The molecule has 0 fully saturated rings. The van der Waals surface area contributed by atoms with E-state index in [-0.39, 0.29) is 24.6 Å². The van der Waals surface area contributed by atoms with Crippen molar-refractivity contribution in [2.45, 2.75) is 41.5 Å². The van der Waals surface area contributed by atoms with E-state index in [1.54, 1.807) is 13.8 Å². The lowest BCUT2D eigenvalue weighted by molar-refractivity contribution is -0.118. The molecule has 1 aromatic carbocycles. The number of rotatable bonds is 7. The van der Waals surface area contributed by atoms with Crippen molar-refractivity contribution in [3.05, 3.63) is 44.8 Å². The van der Waals surface area contributed by atoms with Gasteiger partial charge >= 0.3 is 5.97 Å². The summed E-state index contributed by atoms with van der Waals surface area (Å²) in [5, 5.41) is 2.98. The van der Waals surface area contributed by atoms with Crippen LogP contribution in [0.25, 0.3) is 0 Å². The van der Waals surface area contributed by atoms with Gasteiger partial charge in [0.05, 0.1) is 17.0 Å². The Morgan fingerprint density at radius 1 is 1.07 bits per heavy atom. The summed E-state index contributed by atoms with van der Waals surface area (Å²) in [4.78, 5) is 37.0. The molecule has 0 aliphatic rings. The Bertz CT molecular complexity index is 929. The van der Waals surface area contributed by atoms with Crippen molar-refractivity contribution in [2.75, 3.05) is 18.5 Å². The van der Waals surface area contributed by atoms with Crippen LogP contribution in [-0.2, 0) is 9.53 Å². The van der Waals surface area contributed by atoms with Gasteiger partial charge in [0.15, 0.2) is 12.4 Å². The predicted molar refractivity (Wildman–Crippen MR) is 110 cm³/mol. The summed E-state index contributed by atoms with van der Waals surface area (Å²) in [5.74, 6) is -0.508. The van der Waals surface area contributed by atoms with Gasteiger partial charge in [-0.3, -0.25) is 9.59 Å². The van der Waals surface area contributed by atoms with Crippen molar-refractivity contribution in [3.63, 3.8) is 0 Å². The lowest BCUT2D eigenvalue weighted by atomic mass is 10.1. The van der Waals surface area contributed by atoms with Crippen LogP contribution < -0.4 is 10.1 Å². The molecule has 0 atom stereocenters. The normalized spacial score (nSPS) is 10.5. The van der Waals surface area contributed by atoms with Crippen molar-refractivity contribution >= 4 is 34.0 Å². The summed E-state index contributed by atoms with van der Waals surface area (Å²) in [6.07, 6.45) is 0. The number of hydrogen-bond acceptors (Lipinski definition) is 6. The molecule has 6 nitrogen and oxygen atoms in total. The van der Waals surface area contributed by atoms with E-state index < -0.39 is 11.9 Å². The third-order valence-electron chi connectivity index (χ3n) is 4.32. The lowest BCUT2D eigenvalue weighted by Crippen LogP contribution is -2.21. The van der Waals surface area contributed by atoms with Crippen LogP contribution in [0.3, 0.4) is 0 Å². The summed E-state index contributed by atoms with van der Waals surface area (Å²) < 4.78 is 10.7. The maximum Gasteiger partial charge on any atom is 0.341 e. The zero-order valence-electron chi connectivity index (χ0n) is 17.0. The number of Topliss-reactive ketones (excluding diaryl/α,β-unsaturated/α-hetero) is 1. The van der Waals surface area contributed by atoms with Crippen LogP contribution in [0, 0.1) is 27.7 Å². The zero-order chi connectivity index (χ0) is 21.0. The molecule has 0 bridgehead atoms. The highest BCUT2D eigenvalue weighted by Crippen LogP contribution is 2.34. The average molecular weight is 404 g/mol. The van der Waals surface area contributed by atoms with E-state index in [4.69, 9.17) is 9.47 Å². The highest BCUT2D eigenvalue weighted by molar-refractivity contribution is 7.18. The number of benzene rings is 1. The van der Waals surface area contributed by atoms with Gasteiger partial charge in [-0.25, -0.2) is 4.79 Å². The molecule has 0 radical (unpaired) electrons. The quantitative estimate of drug-likeness (QED) is 0.548. The van der Waals surface area contributed by atoms with E-state index in [1.807, 2.05) is 32.9 Å². The largest absolute Gasteiger partial charge is 0.483 e. The maximum atomic E-state index is 12.4. The van der Waals surface area contributed by atoms with Gasteiger partial charge in [0.2, 0.25) is 0 Å². The number of aryl methyl sites for hydroxylation is 2. The fourth-order valence-corrected chi connectivity index (χ4v) is 3.95. The van der Waals surface area contributed by atoms with Crippen LogP contribution in [0.2, 0.25) is 0 Å². The Morgan fingerprint density at radius 3 is 2.36 bits per heavy atom. The number of nitrogens with one attached hydrogen (secondary N) is 1. The molecule has 2 aromatic rings. The first-order chi connectivity index (χ1) is 13.1. The third kappa shape index (κ3) is 4.78. The first-order valence-electron chi connectivity index (χ1n) is 8.97. The number of ketones is 1. The topological polar surface area (TPSA) is 81.7 Å². The Balaban J connectivity index is 2.20. The number of carbonyl (C=O) groups excluding carboxylic acids is 3. The molecule has 0 saturated carbocycles. The lowest BCUT2D eigenvalue weighted by Gasteiger charge is -2.12. The maximum absolute atomic E-state index is 12.4. The van der Waals surface area contributed by atoms with Crippen molar-refractivity contribution in [1.29, 1.82) is 0 Å². The molecule has 7 heteroatoms. The second kappa shape index (κ2) is 9.01. The molecule has 1 aromatic heterocycles. The van der Waals surface area contributed by atoms with Gasteiger partial charge in [-0.1, -0.05) is 6.07 Å². The minimum atomic E-state index is -0.565. The SMILES string of the molecule is CCOC(=O)c1c(NC(=O)COc2cc(C)cc(C)c2C)sc(C(C)=O)c1C. The minimum absolute atomic E-state index is 0.171. The average Bonchev–Trinajstić information content (AvgIpc) is 2.93. The second-order valence-corrected chi connectivity index (χ2v) is 7.60. The van der Waals surface area contributed by atoms with E-state index in [1.165, 1.54) is 6.92 Å². The highest BCUT2D eigenvalue weighted by atomic mass is 32.1. The van der Waals surface area contributed by atoms with Crippen LogP contribution in [-0.4, -0.2) is 30.9 Å². The van der Waals surface area contributed by atoms with E-state index in [0.29, 0.717) is 21.2 Å². The number of thiophene rings is 1. The van der Waals surface area contributed by atoms with E-state index >= 15 is 0 Å². The summed E-state index contributed by atoms with van der Waals surface area (Å²) >= 11 is 1.07. The third-order valence-corrected chi connectivity index (χ3v) is 5.63. The van der Waals surface area contributed by atoms with Gasteiger partial charge < -0.3 is 14.8 Å². The molecule has 0 spiro atoms. The fraction of sp³-hybridized carbons (Fsp3) is 0.381. The van der Waals surface area contributed by atoms with Crippen molar-refractivity contribution in [2.24, 2.45) is 0 Å². The van der Waals surface area contributed by atoms with Crippen molar-refractivity contribution < 1.29 is 23.9 Å². The van der Waals surface area contributed by atoms with Crippen LogP contribution in [0.4, 0.5) is 5.00 Å². The van der Waals surface area contributed by atoms with Crippen molar-refractivity contribution in [1.82, 2.24) is 0 Å². The number of carbonyl (C=O) groups is 3. The van der Waals surface area contributed by atoms with Crippen LogP contribution in [0.15, 0.2) is 12.1 Å². The van der Waals surface area contributed by atoms with Gasteiger partial charge in [0.1, 0.15) is 10.8 Å². The second-order valence-electron chi connectivity index (χ2n) is 6.58. The molecule has 0 unspecified atom stereocenters. The highest BCUT2D eigenvalue weighted by Gasteiger charge is 2.25. The smallest absolute Gasteiger partial charge is 0.341 e. The van der Waals surface area contributed by atoms with Crippen LogP contribution >= 0.6 is 11.3 Å².